The van der Waals surface area contributed by atoms with Crippen molar-refractivity contribution in [1.82, 2.24) is 19.2 Å². The van der Waals surface area contributed by atoms with Crippen LogP contribution >= 0.6 is 15.9 Å². The van der Waals surface area contributed by atoms with Crippen molar-refractivity contribution in [3.63, 3.8) is 0 Å². The molecule has 0 atom stereocenters. The fraction of sp³-hybridized carbons (Fsp3) is 0.103. The highest BCUT2D eigenvalue weighted by Crippen LogP contribution is 2.29. The predicted molar refractivity (Wildman–Crippen MR) is 150 cm³/mol. The molecule has 182 valence electrons. The summed E-state index contributed by atoms with van der Waals surface area (Å²) in [6, 6.07) is 20.9. The molecule has 0 unspecified atom stereocenters. The molecule has 4 heterocycles. The van der Waals surface area contributed by atoms with Crippen molar-refractivity contribution in [3.8, 4) is 17.4 Å². The summed E-state index contributed by atoms with van der Waals surface area (Å²) >= 11 is 3.50. The zero-order chi connectivity index (χ0) is 25.7. The largest absolute Gasteiger partial charge is 0.453 e. The number of pyridine rings is 1. The Morgan fingerprint density at radius 3 is 2.65 bits per heavy atom. The SMILES string of the molecule is Cc1ccc(-n2c(C)cc(C=Nn3c(-c4cc5cc(Br)ccc5o4)nc4ccccc4c3=O)c2C)nc1. The van der Waals surface area contributed by atoms with Crippen molar-refractivity contribution in [3.05, 3.63) is 110 Å². The minimum Gasteiger partial charge on any atom is -0.453 e. The Hall–Kier alpha value is -4.30. The minimum atomic E-state index is -0.271. The molecule has 0 saturated heterocycles. The highest BCUT2D eigenvalue weighted by atomic mass is 79.9. The first-order chi connectivity index (χ1) is 17.9. The second-order valence-corrected chi connectivity index (χ2v) is 9.88. The van der Waals surface area contributed by atoms with Gasteiger partial charge in [-0.2, -0.15) is 9.78 Å². The first kappa shape index (κ1) is 23.1. The van der Waals surface area contributed by atoms with Crippen LogP contribution in [-0.4, -0.2) is 25.4 Å². The van der Waals surface area contributed by atoms with E-state index in [0.717, 1.165) is 38.2 Å². The smallest absolute Gasteiger partial charge is 0.282 e. The molecule has 7 nitrogen and oxygen atoms in total. The van der Waals surface area contributed by atoms with Crippen LogP contribution in [-0.2, 0) is 0 Å². The molecule has 6 aromatic rings. The Labute approximate surface area is 220 Å². The van der Waals surface area contributed by atoms with Crippen LogP contribution in [0.1, 0.15) is 22.5 Å². The van der Waals surface area contributed by atoms with Crippen LogP contribution in [0.15, 0.2) is 91.7 Å². The van der Waals surface area contributed by atoms with Crippen LogP contribution in [0.25, 0.3) is 39.3 Å². The van der Waals surface area contributed by atoms with E-state index < -0.39 is 0 Å². The van der Waals surface area contributed by atoms with E-state index in [1.165, 1.54) is 4.68 Å². The highest BCUT2D eigenvalue weighted by Gasteiger charge is 2.17. The van der Waals surface area contributed by atoms with Gasteiger partial charge in [0.15, 0.2) is 5.76 Å². The number of fused-ring (bicyclic) bond motifs is 2. The fourth-order valence-electron chi connectivity index (χ4n) is 4.50. The summed E-state index contributed by atoms with van der Waals surface area (Å²) in [5.41, 5.74) is 4.97. The first-order valence-corrected chi connectivity index (χ1v) is 12.6. The number of rotatable bonds is 4. The van der Waals surface area contributed by atoms with Gasteiger partial charge in [0.05, 0.1) is 17.1 Å². The zero-order valence-corrected chi connectivity index (χ0v) is 22.0. The van der Waals surface area contributed by atoms with E-state index in [9.17, 15) is 4.79 Å². The van der Waals surface area contributed by atoms with Crippen molar-refractivity contribution in [1.29, 1.82) is 0 Å². The van der Waals surface area contributed by atoms with E-state index >= 15 is 0 Å². The van der Waals surface area contributed by atoms with Crippen LogP contribution in [0.5, 0.6) is 0 Å². The molecule has 2 aromatic carbocycles. The average molecular weight is 552 g/mol. The molecule has 0 spiro atoms. The van der Waals surface area contributed by atoms with Gasteiger partial charge in [-0.15, -0.1) is 0 Å². The molecule has 0 saturated carbocycles. The molecule has 0 amide bonds. The van der Waals surface area contributed by atoms with Crippen molar-refractivity contribution in [2.75, 3.05) is 0 Å². The topological polar surface area (TPSA) is 78.2 Å². The maximum atomic E-state index is 13.6. The lowest BCUT2D eigenvalue weighted by Gasteiger charge is -2.09. The van der Waals surface area contributed by atoms with Crippen molar-refractivity contribution in [2.24, 2.45) is 5.10 Å². The van der Waals surface area contributed by atoms with Crippen LogP contribution < -0.4 is 5.56 Å². The number of aryl methyl sites for hydroxylation is 2. The minimum absolute atomic E-state index is 0.271. The molecular formula is C29H22BrN5O2. The van der Waals surface area contributed by atoms with E-state index in [1.54, 1.807) is 12.3 Å². The molecule has 0 fully saturated rings. The van der Waals surface area contributed by atoms with E-state index in [-0.39, 0.29) is 5.56 Å². The van der Waals surface area contributed by atoms with Crippen molar-refractivity contribution in [2.45, 2.75) is 20.8 Å². The standard InChI is InChI=1S/C29H22BrN5O2/c1-17-8-11-27(31-15-17)34-18(2)12-21(19(34)3)16-32-35-28(33-24-7-5-4-6-23(24)29(35)36)26-14-20-13-22(30)9-10-25(20)37-26/h4-16H,1-3H3. The molecule has 6 rings (SSSR count). The van der Waals surface area contributed by atoms with Crippen LogP contribution in [0.3, 0.4) is 0 Å². The summed E-state index contributed by atoms with van der Waals surface area (Å²) in [4.78, 5) is 22.9. The van der Waals surface area contributed by atoms with Crippen LogP contribution in [0.2, 0.25) is 0 Å². The van der Waals surface area contributed by atoms with Gasteiger partial charge in [-0.05, 0) is 74.9 Å². The third-order valence-electron chi connectivity index (χ3n) is 6.36. The molecule has 0 aliphatic rings. The monoisotopic (exact) mass is 551 g/mol. The predicted octanol–water partition coefficient (Wildman–Crippen LogP) is 6.57. The lowest BCUT2D eigenvalue weighted by molar-refractivity contribution is 0.616. The maximum Gasteiger partial charge on any atom is 0.282 e. The molecular weight excluding hydrogens is 530 g/mol. The maximum absolute atomic E-state index is 13.6. The molecule has 37 heavy (non-hydrogen) atoms. The second-order valence-electron chi connectivity index (χ2n) is 8.96. The molecule has 0 N–H and O–H groups in total. The summed E-state index contributed by atoms with van der Waals surface area (Å²) in [5.74, 6) is 1.63. The number of para-hydroxylation sites is 1. The van der Waals surface area contributed by atoms with E-state index in [1.807, 2.05) is 87.6 Å². The van der Waals surface area contributed by atoms with Crippen molar-refractivity contribution < 1.29 is 4.42 Å². The summed E-state index contributed by atoms with van der Waals surface area (Å²) in [6.07, 6.45) is 3.54. The third kappa shape index (κ3) is 4.09. The fourth-order valence-corrected chi connectivity index (χ4v) is 4.88. The summed E-state index contributed by atoms with van der Waals surface area (Å²) in [5, 5.41) is 6.01. The van der Waals surface area contributed by atoms with E-state index in [2.05, 4.69) is 30.6 Å². The number of hydrogen-bond donors (Lipinski definition) is 0. The van der Waals surface area contributed by atoms with Gasteiger partial charge in [-0.1, -0.05) is 34.1 Å². The number of hydrogen-bond acceptors (Lipinski definition) is 5. The highest BCUT2D eigenvalue weighted by molar-refractivity contribution is 9.10. The van der Waals surface area contributed by atoms with Gasteiger partial charge in [0, 0.05) is 33.0 Å². The first-order valence-electron chi connectivity index (χ1n) is 11.8. The van der Waals surface area contributed by atoms with Gasteiger partial charge in [0.1, 0.15) is 11.4 Å². The van der Waals surface area contributed by atoms with E-state index in [4.69, 9.17) is 9.40 Å². The summed E-state index contributed by atoms with van der Waals surface area (Å²) < 4.78 is 10.4. The van der Waals surface area contributed by atoms with E-state index in [0.29, 0.717) is 28.1 Å². The molecule has 0 bridgehead atoms. The number of halogens is 1. The molecule has 0 aliphatic carbocycles. The Morgan fingerprint density at radius 1 is 1.00 bits per heavy atom. The van der Waals surface area contributed by atoms with Gasteiger partial charge in [0.2, 0.25) is 5.82 Å². The Bertz CT molecular complexity index is 1890. The van der Waals surface area contributed by atoms with Gasteiger partial charge in [0.25, 0.3) is 5.56 Å². The quantitative estimate of drug-likeness (QED) is 0.232. The van der Waals surface area contributed by atoms with Crippen LogP contribution in [0.4, 0.5) is 0 Å². The number of nitrogens with zero attached hydrogens (tertiary/aromatic N) is 5. The Kier molecular flexibility index (Phi) is 5.61. The molecule has 8 heteroatoms. The lowest BCUT2D eigenvalue weighted by atomic mass is 10.2. The molecule has 0 radical (unpaired) electrons. The molecule has 0 aliphatic heterocycles. The van der Waals surface area contributed by atoms with Gasteiger partial charge >= 0.3 is 0 Å². The summed E-state index contributed by atoms with van der Waals surface area (Å²) in [7, 11) is 0. The van der Waals surface area contributed by atoms with Gasteiger partial charge < -0.3 is 8.98 Å². The van der Waals surface area contributed by atoms with Crippen LogP contribution in [0, 0.1) is 20.8 Å². The zero-order valence-electron chi connectivity index (χ0n) is 20.4. The average Bonchev–Trinajstić information content (AvgIpc) is 3.43. The van der Waals surface area contributed by atoms with Crippen molar-refractivity contribution >= 4 is 44.0 Å². The Balaban J connectivity index is 1.51. The normalized spacial score (nSPS) is 11.8. The third-order valence-corrected chi connectivity index (χ3v) is 6.85. The number of furan rings is 1. The van der Waals surface area contributed by atoms with Gasteiger partial charge in [-0.25, -0.2) is 9.97 Å². The second kappa shape index (κ2) is 8.97. The summed E-state index contributed by atoms with van der Waals surface area (Å²) in [6.45, 7) is 6.04. The number of benzene rings is 2. The Morgan fingerprint density at radius 2 is 1.84 bits per heavy atom. The molecule has 4 aromatic heterocycles. The number of aromatic nitrogens is 4. The lowest BCUT2D eigenvalue weighted by Crippen LogP contribution is -2.20. The van der Waals surface area contributed by atoms with Gasteiger partial charge in [-0.3, -0.25) is 4.79 Å².